The second-order valence-corrected chi connectivity index (χ2v) is 19.4. The topological polar surface area (TPSA) is 17.0 Å². The molecule has 1 radical (unpaired) electrons. The Hall–Kier alpha value is -6.88. The molecule has 0 atom stereocenters. The molecule has 0 saturated carbocycles. The van der Waals surface area contributed by atoms with Gasteiger partial charge in [0, 0.05) is 59.1 Å². The molecular formula is C62H52BN2S. The number of aryl methyl sites for hydroxylation is 2. The van der Waals surface area contributed by atoms with E-state index in [4.69, 9.17) is 0 Å². The van der Waals surface area contributed by atoms with Crippen molar-refractivity contribution < 1.29 is 0 Å². The molecule has 2 nitrogen and oxygen atoms in total. The standard InChI is InChI=1S/C62H52BN2S/c1-3-5-8-18-40-28-32-44(33-29-40)64-55-38-51-48-34-31-43-22-12-13-24-46(43)62(48)66-58(51)39-50(55)53-37-52(47-25-15-14-23-45(47)42-20-10-7-11-21-42)59-49-26-16-17-27-56(49)65-57-35-30-41(19-9-6-4-2)36-54(57)63-60(53)61(59)65/h7,10-17,20-39,64H,3-6,8-9,18-19H2,1-2H3. The molecule has 0 fully saturated rings. The minimum atomic E-state index is 1.09. The van der Waals surface area contributed by atoms with Crippen molar-refractivity contribution in [3.05, 3.63) is 187 Å². The molecule has 319 valence electrons. The van der Waals surface area contributed by atoms with Crippen molar-refractivity contribution in [2.45, 2.75) is 65.2 Å². The van der Waals surface area contributed by atoms with E-state index in [9.17, 15) is 0 Å². The molecule has 4 heteroatoms. The van der Waals surface area contributed by atoms with E-state index in [0.717, 1.165) is 24.2 Å². The number of anilines is 2. The average Bonchev–Trinajstić information content (AvgIpc) is 3.91. The number of fused-ring (bicyclic) bond motifs is 10. The number of aromatic nitrogens is 1. The van der Waals surface area contributed by atoms with Crippen LogP contribution in [-0.4, -0.2) is 11.8 Å². The van der Waals surface area contributed by atoms with Gasteiger partial charge < -0.3 is 9.88 Å². The molecule has 9 aromatic carbocycles. The molecule has 1 N–H and O–H groups in total. The zero-order valence-corrected chi connectivity index (χ0v) is 38.6. The summed E-state index contributed by atoms with van der Waals surface area (Å²) in [7, 11) is 2.51. The van der Waals surface area contributed by atoms with Gasteiger partial charge in [-0.2, -0.15) is 0 Å². The van der Waals surface area contributed by atoms with Crippen molar-refractivity contribution in [1.29, 1.82) is 0 Å². The van der Waals surface area contributed by atoms with Crippen molar-refractivity contribution in [2.75, 3.05) is 5.32 Å². The fourth-order valence-corrected chi connectivity index (χ4v) is 12.0. The molecule has 0 unspecified atom stereocenters. The first-order valence-electron chi connectivity index (χ1n) is 24.1. The molecule has 1 aliphatic heterocycles. The van der Waals surface area contributed by atoms with Gasteiger partial charge in [0.05, 0.1) is 5.52 Å². The number of para-hydroxylation sites is 1. The van der Waals surface area contributed by atoms with Gasteiger partial charge in [0.25, 0.3) is 0 Å². The smallest absolute Gasteiger partial charge is 0.197 e. The molecule has 66 heavy (non-hydrogen) atoms. The maximum Gasteiger partial charge on any atom is 0.197 e. The third-order valence-electron chi connectivity index (χ3n) is 14.1. The summed E-state index contributed by atoms with van der Waals surface area (Å²) in [5.41, 5.74) is 18.7. The fourth-order valence-electron chi connectivity index (χ4n) is 10.8. The predicted octanol–water partition coefficient (Wildman–Crippen LogP) is 16.5. The van der Waals surface area contributed by atoms with Crippen LogP contribution in [0.2, 0.25) is 0 Å². The van der Waals surface area contributed by atoms with Crippen molar-refractivity contribution >= 4 is 93.7 Å². The highest BCUT2D eigenvalue weighted by Crippen LogP contribution is 2.48. The van der Waals surface area contributed by atoms with E-state index in [-0.39, 0.29) is 0 Å². The fraction of sp³-hybridized carbons (Fsp3) is 0.161. The van der Waals surface area contributed by atoms with Crippen molar-refractivity contribution in [3.8, 4) is 39.1 Å². The molecule has 3 heterocycles. The molecule has 2 aromatic heterocycles. The van der Waals surface area contributed by atoms with E-state index in [2.05, 4.69) is 207 Å². The van der Waals surface area contributed by atoms with E-state index < -0.39 is 0 Å². The number of nitrogens with one attached hydrogen (secondary N) is 1. The van der Waals surface area contributed by atoms with Gasteiger partial charge in [0.15, 0.2) is 7.28 Å². The van der Waals surface area contributed by atoms with Gasteiger partial charge in [0.2, 0.25) is 0 Å². The number of benzene rings is 9. The molecule has 1 aliphatic rings. The third kappa shape index (κ3) is 7.02. The Morgan fingerprint density at radius 2 is 1.23 bits per heavy atom. The minimum absolute atomic E-state index is 1.09. The summed E-state index contributed by atoms with van der Waals surface area (Å²) >= 11 is 1.92. The predicted molar refractivity (Wildman–Crippen MR) is 289 cm³/mol. The van der Waals surface area contributed by atoms with Crippen LogP contribution in [0, 0.1) is 0 Å². The first-order chi connectivity index (χ1) is 32.6. The summed E-state index contributed by atoms with van der Waals surface area (Å²) in [5.74, 6) is 0. The lowest BCUT2D eigenvalue weighted by Crippen LogP contribution is -2.37. The second kappa shape index (κ2) is 17.2. The summed E-state index contributed by atoms with van der Waals surface area (Å²) in [5, 5.41) is 11.8. The number of rotatable bonds is 13. The molecule has 11 aromatic rings. The third-order valence-corrected chi connectivity index (χ3v) is 15.3. The Balaban J connectivity index is 1.16. The van der Waals surface area contributed by atoms with Crippen LogP contribution in [0.4, 0.5) is 11.4 Å². The second-order valence-electron chi connectivity index (χ2n) is 18.3. The van der Waals surface area contributed by atoms with Gasteiger partial charge in [-0.25, -0.2) is 0 Å². The van der Waals surface area contributed by atoms with Crippen molar-refractivity contribution in [2.24, 2.45) is 0 Å². The van der Waals surface area contributed by atoms with E-state index in [1.807, 2.05) is 11.3 Å². The summed E-state index contributed by atoms with van der Waals surface area (Å²) in [4.78, 5) is 0. The highest BCUT2D eigenvalue weighted by molar-refractivity contribution is 7.26. The highest BCUT2D eigenvalue weighted by atomic mass is 32.1. The first-order valence-corrected chi connectivity index (χ1v) is 24.9. The first kappa shape index (κ1) is 40.6. The molecular weight excluding hydrogens is 816 g/mol. The Morgan fingerprint density at radius 1 is 0.515 bits per heavy atom. The zero-order chi connectivity index (χ0) is 44.1. The number of thiophene rings is 1. The van der Waals surface area contributed by atoms with Crippen LogP contribution in [0.25, 0.3) is 91.8 Å². The number of hydrogen-bond acceptors (Lipinski definition) is 2. The van der Waals surface area contributed by atoms with Crippen LogP contribution in [0.5, 0.6) is 0 Å². The van der Waals surface area contributed by atoms with Gasteiger partial charge in [-0.3, -0.25) is 0 Å². The van der Waals surface area contributed by atoms with Crippen LogP contribution >= 0.6 is 11.3 Å². The quantitative estimate of drug-likeness (QED) is 0.0902. The summed E-state index contributed by atoms with van der Waals surface area (Å²) in [6.45, 7) is 4.57. The monoisotopic (exact) mass is 867 g/mol. The molecule has 0 saturated heterocycles. The number of hydrogen-bond donors (Lipinski definition) is 1. The van der Waals surface area contributed by atoms with Gasteiger partial charge in [0.1, 0.15) is 0 Å². The van der Waals surface area contributed by atoms with Crippen LogP contribution in [0.1, 0.15) is 63.5 Å². The van der Waals surface area contributed by atoms with Crippen LogP contribution in [-0.2, 0) is 12.8 Å². The SMILES string of the molecule is CCCCCc1ccc(Nc2cc3c(cc2-c2cc(-c4ccccc4-c4ccccc4)c4c5ccccc5n5c4c2[B]c2cc(CCCCC)ccc2-5)sc2c4ccccc4ccc32)cc1. The van der Waals surface area contributed by atoms with Crippen molar-refractivity contribution in [1.82, 2.24) is 4.57 Å². The molecule has 0 spiro atoms. The Morgan fingerprint density at radius 3 is 2.05 bits per heavy atom. The summed E-state index contributed by atoms with van der Waals surface area (Å²) in [6, 6.07) is 66.4. The molecule has 0 aliphatic carbocycles. The molecule has 12 rings (SSSR count). The maximum absolute atomic E-state index is 4.05. The van der Waals surface area contributed by atoms with E-state index >= 15 is 0 Å². The van der Waals surface area contributed by atoms with Gasteiger partial charge in [-0.1, -0.05) is 178 Å². The lowest BCUT2D eigenvalue weighted by Gasteiger charge is -2.26. The van der Waals surface area contributed by atoms with Gasteiger partial charge in [-0.05, 0) is 123 Å². The zero-order valence-electron chi connectivity index (χ0n) is 37.8. The Labute approximate surface area is 392 Å². The van der Waals surface area contributed by atoms with Crippen molar-refractivity contribution in [3.63, 3.8) is 0 Å². The van der Waals surface area contributed by atoms with Gasteiger partial charge in [-0.15, -0.1) is 11.3 Å². The lowest BCUT2D eigenvalue weighted by molar-refractivity contribution is 0.717. The largest absolute Gasteiger partial charge is 0.355 e. The van der Waals surface area contributed by atoms with E-state index in [0.29, 0.717) is 0 Å². The van der Waals surface area contributed by atoms with E-state index in [1.54, 1.807) is 0 Å². The maximum atomic E-state index is 4.05. The normalized spacial score (nSPS) is 12.1. The van der Waals surface area contributed by atoms with Gasteiger partial charge >= 0.3 is 0 Å². The summed E-state index contributed by atoms with van der Waals surface area (Å²) < 4.78 is 5.22. The Kier molecular flexibility index (Phi) is 10.6. The number of unbranched alkanes of at least 4 members (excludes halogenated alkanes) is 4. The van der Waals surface area contributed by atoms with Crippen LogP contribution < -0.4 is 16.2 Å². The van der Waals surface area contributed by atoms with Crippen LogP contribution in [0.15, 0.2) is 176 Å². The lowest BCUT2D eigenvalue weighted by atomic mass is 9.58. The molecule has 0 amide bonds. The molecule has 0 bridgehead atoms. The number of nitrogens with zero attached hydrogens (tertiary/aromatic N) is 1. The van der Waals surface area contributed by atoms with Crippen LogP contribution in [0.3, 0.4) is 0 Å². The Bertz CT molecular complexity index is 3620. The van der Waals surface area contributed by atoms with E-state index in [1.165, 1.54) is 152 Å². The minimum Gasteiger partial charge on any atom is -0.355 e. The highest BCUT2D eigenvalue weighted by Gasteiger charge is 2.30. The average molecular weight is 868 g/mol. The summed E-state index contributed by atoms with van der Waals surface area (Å²) in [6.07, 6.45) is 9.59.